The van der Waals surface area contributed by atoms with Gasteiger partial charge in [-0.05, 0) is 104 Å². The highest BCUT2D eigenvalue weighted by molar-refractivity contribution is 5.75. The third-order valence-corrected chi connectivity index (χ3v) is 6.69. The van der Waals surface area contributed by atoms with Crippen LogP contribution < -0.4 is 10.1 Å². The first kappa shape index (κ1) is 25.8. The van der Waals surface area contributed by atoms with E-state index < -0.39 is 5.79 Å². The maximum Gasteiger partial charge on any atom is 0.163 e. The van der Waals surface area contributed by atoms with Gasteiger partial charge in [-0.3, -0.25) is 0 Å². The van der Waals surface area contributed by atoms with E-state index in [1.165, 1.54) is 38.9 Å². The average molecular weight is 485 g/mol. The number of nitriles is 1. The summed E-state index contributed by atoms with van der Waals surface area (Å²) in [6.45, 7) is 12.1. The standard InChI is InChI=1S/C31H36N2O3/c1-21-16-27(34-19-28-20-35-31(4,5)36-28)17-22(2)30(21)29-10-6-9-25(23(29)3)18-33-26-13-11-24(12-14-26)8-7-15-32/h6,9-14,16-17,28,33H,7-8,18-20H2,1-5H3/t28-/m0/s1. The predicted octanol–water partition coefficient (Wildman–Crippen LogP) is 6.88. The second-order valence-electron chi connectivity index (χ2n) is 9.99. The van der Waals surface area contributed by atoms with Gasteiger partial charge >= 0.3 is 0 Å². The molecule has 0 radical (unpaired) electrons. The lowest BCUT2D eigenvalue weighted by Gasteiger charge is -2.19. The summed E-state index contributed by atoms with van der Waals surface area (Å²) in [5.41, 5.74) is 9.68. The number of aryl methyl sites for hydroxylation is 3. The van der Waals surface area contributed by atoms with Crippen LogP contribution >= 0.6 is 0 Å². The van der Waals surface area contributed by atoms with E-state index in [4.69, 9.17) is 19.5 Å². The van der Waals surface area contributed by atoms with Gasteiger partial charge in [-0.25, -0.2) is 0 Å². The van der Waals surface area contributed by atoms with Gasteiger partial charge in [0.1, 0.15) is 18.5 Å². The first-order chi connectivity index (χ1) is 17.3. The van der Waals surface area contributed by atoms with Gasteiger partial charge < -0.3 is 19.5 Å². The van der Waals surface area contributed by atoms with Gasteiger partial charge in [0.25, 0.3) is 0 Å². The number of rotatable bonds is 9. The molecule has 0 aromatic heterocycles. The monoisotopic (exact) mass is 484 g/mol. The maximum absolute atomic E-state index is 8.77. The molecular formula is C31H36N2O3. The van der Waals surface area contributed by atoms with Gasteiger partial charge in [0.05, 0.1) is 12.7 Å². The van der Waals surface area contributed by atoms with Crippen LogP contribution in [0.4, 0.5) is 5.69 Å². The van der Waals surface area contributed by atoms with Crippen molar-refractivity contribution in [2.45, 2.75) is 65.9 Å². The Morgan fingerprint density at radius 2 is 1.78 bits per heavy atom. The molecule has 0 spiro atoms. The molecule has 0 saturated carbocycles. The van der Waals surface area contributed by atoms with Crippen LogP contribution in [-0.4, -0.2) is 25.1 Å². The lowest BCUT2D eigenvalue weighted by molar-refractivity contribution is -0.141. The van der Waals surface area contributed by atoms with Crippen molar-refractivity contribution in [2.75, 3.05) is 18.5 Å². The van der Waals surface area contributed by atoms with E-state index in [0.29, 0.717) is 19.6 Å². The van der Waals surface area contributed by atoms with Crippen molar-refractivity contribution in [2.24, 2.45) is 0 Å². The molecule has 5 heteroatoms. The van der Waals surface area contributed by atoms with Gasteiger partial charge in [0.15, 0.2) is 5.79 Å². The molecule has 1 aliphatic heterocycles. The van der Waals surface area contributed by atoms with E-state index in [1.54, 1.807) is 0 Å². The largest absolute Gasteiger partial charge is 0.491 e. The first-order valence-corrected chi connectivity index (χ1v) is 12.6. The van der Waals surface area contributed by atoms with Crippen LogP contribution in [0.25, 0.3) is 11.1 Å². The molecule has 1 aliphatic rings. The van der Waals surface area contributed by atoms with Gasteiger partial charge in [-0.2, -0.15) is 5.26 Å². The van der Waals surface area contributed by atoms with Crippen molar-refractivity contribution in [1.29, 1.82) is 5.26 Å². The van der Waals surface area contributed by atoms with Crippen LogP contribution in [0.15, 0.2) is 54.6 Å². The molecule has 1 heterocycles. The Kier molecular flexibility index (Phi) is 7.98. The fourth-order valence-corrected chi connectivity index (χ4v) is 4.80. The summed E-state index contributed by atoms with van der Waals surface area (Å²) in [5, 5.41) is 12.3. The molecule has 36 heavy (non-hydrogen) atoms. The Morgan fingerprint density at radius 3 is 2.42 bits per heavy atom. The quantitative estimate of drug-likeness (QED) is 0.359. The Bertz CT molecular complexity index is 1220. The average Bonchev–Trinajstić information content (AvgIpc) is 3.20. The van der Waals surface area contributed by atoms with E-state index in [-0.39, 0.29) is 6.10 Å². The second-order valence-corrected chi connectivity index (χ2v) is 9.99. The molecule has 0 aliphatic carbocycles. The Hall–Kier alpha value is -3.33. The van der Waals surface area contributed by atoms with Gasteiger partial charge in [0.2, 0.25) is 0 Å². The van der Waals surface area contributed by atoms with Crippen LogP contribution in [0.3, 0.4) is 0 Å². The normalized spacial score (nSPS) is 16.5. The van der Waals surface area contributed by atoms with E-state index in [0.717, 1.165) is 24.4 Å². The number of hydrogen-bond acceptors (Lipinski definition) is 5. The number of nitrogens with zero attached hydrogens (tertiary/aromatic N) is 1. The zero-order valence-electron chi connectivity index (χ0n) is 22.0. The number of hydrogen-bond donors (Lipinski definition) is 1. The molecule has 1 N–H and O–H groups in total. The van der Waals surface area contributed by atoms with Crippen molar-refractivity contribution < 1.29 is 14.2 Å². The topological polar surface area (TPSA) is 63.5 Å². The summed E-state index contributed by atoms with van der Waals surface area (Å²) in [7, 11) is 0. The number of ether oxygens (including phenoxy) is 3. The third kappa shape index (κ3) is 6.26. The van der Waals surface area contributed by atoms with Crippen LogP contribution in [0.5, 0.6) is 5.75 Å². The summed E-state index contributed by atoms with van der Waals surface area (Å²) >= 11 is 0. The van der Waals surface area contributed by atoms with Crippen molar-refractivity contribution in [1.82, 2.24) is 0 Å². The maximum atomic E-state index is 8.77. The lowest BCUT2D eigenvalue weighted by atomic mass is 9.90. The van der Waals surface area contributed by atoms with Gasteiger partial charge in [-0.15, -0.1) is 0 Å². The van der Waals surface area contributed by atoms with Crippen LogP contribution in [0, 0.1) is 32.1 Å². The molecule has 1 saturated heterocycles. The summed E-state index contributed by atoms with van der Waals surface area (Å²) < 4.78 is 17.6. The second kappa shape index (κ2) is 11.2. The molecule has 0 unspecified atom stereocenters. The fraction of sp³-hybridized carbons (Fsp3) is 0.387. The highest BCUT2D eigenvalue weighted by atomic mass is 16.7. The van der Waals surface area contributed by atoms with Crippen LogP contribution in [0.2, 0.25) is 0 Å². The molecule has 4 rings (SSSR count). The Balaban J connectivity index is 1.45. The fourth-order valence-electron chi connectivity index (χ4n) is 4.80. The SMILES string of the molecule is Cc1cc(OC[C@H]2COC(C)(C)O2)cc(C)c1-c1cccc(CNc2ccc(CCC#N)cc2)c1C. The third-order valence-electron chi connectivity index (χ3n) is 6.69. The van der Waals surface area contributed by atoms with E-state index in [2.05, 4.69) is 86.8 Å². The molecule has 188 valence electrons. The van der Waals surface area contributed by atoms with Gasteiger partial charge in [-0.1, -0.05) is 30.3 Å². The van der Waals surface area contributed by atoms with Crippen molar-refractivity contribution in [3.8, 4) is 22.9 Å². The Labute approximate surface area is 215 Å². The predicted molar refractivity (Wildman–Crippen MR) is 144 cm³/mol. The molecule has 3 aromatic carbocycles. The van der Waals surface area contributed by atoms with E-state index in [9.17, 15) is 0 Å². The van der Waals surface area contributed by atoms with Crippen LogP contribution in [-0.2, 0) is 22.4 Å². The molecular weight excluding hydrogens is 448 g/mol. The molecule has 0 bridgehead atoms. The van der Waals surface area contributed by atoms with E-state index in [1.807, 2.05) is 13.8 Å². The minimum absolute atomic E-state index is 0.0551. The lowest BCUT2D eigenvalue weighted by Crippen LogP contribution is -2.25. The summed E-state index contributed by atoms with van der Waals surface area (Å²) in [5.74, 6) is 0.318. The minimum atomic E-state index is -0.539. The first-order valence-electron chi connectivity index (χ1n) is 12.6. The molecule has 1 atom stereocenters. The summed E-state index contributed by atoms with van der Waals surface area (Å²) in [6.07, 6.45) is 1.29. The number of anilines is 1. The number of nitrogens with one attached hydrogen (secondary N) is 1. The van der Waals surface area contributed by atoms with Crippen LogP contribution in [0.1, 0.15) is 48.1 Å². The molecule has 1 fully saturated rings. The zero-order valence-corrected chi connectivity index (χ0v) is 22.0. The molecule has 0 amide bonds. The zero-order chi connectivity index (χ0) is 25.7. The highest BCUT2D eigenvalue weighted by Gasteiger charge is 2.33. The summed E-state index contributed by atoms with van der Waals surface area (Å²) in [4.78, 5) is 0. The van der Waals surface area contributed by atoms with Crippen molar-refractivity contribution in [3.63, 3.8) is 0 Å². The highest BCUT2D eigenvalue weighted by Crippen LogP contribution is 2.34. The van der Waals surface area contributed by atoms with Crippen molar-refractivity contribution in [3.05, 3.63) is 82.4 Å². The van der Waals surface area contributed by atoms with Crippen molar-refractivity contribution >= 4 is 5.69 Å². The van der Waals surface area contributed by atoms with E-state index >= 15 is 0 Å². The smallest absolute Gasteiger partial charge is 0.163 e. The minimum Gasteiger partial charge on any atom is -0.491 e. The summed E-state index contributed by atoms with van der Waals surface area (Å²) in [6, 6.07) is 21.3. The molecule has 5 nitrogen and oxygen atoms in total. The Morgan fingerprint density at radius 1 is 1.06 bits per heavy atom. The molecule has 3 aromatic rings. The van der Waals surface area contributed by atoms with Gasteiger partial charge in [0, 0.05) is 18.7 Å². The number of benzene rings is 3.